The molecule has 0 aliphatic carbocycles. The smallest absolute Gasteiger partial charge is 0.122 e. The predicted octanol–water partition coefficient (Wildman–Crippen LogP) is 2.78. The first-order valence-corrected chi connectivity index (χ1v) is 7.32. The maximum atomic E-state index is 5.64. The molecule has 4 nitrogen and oxygen atoms in total. The van der Waals surface area contributed by atoms with Crippen LogP contribution >= 0.6 is 0 Å². The molecule has 1 N–H and O–H groups in total. The fourth-order valence-electron chi connectivity index (χ4n) is 2.81. The molecule has 1 aliphatic rings. The number of hydrogen-bond donors (Lipinski definition) is 1. The van der Waals surface area contributed by atoms with Crippen molar-refractivity contribution in [2.24, 2.45) is 5.92 Å². The molecule has 0 saturated carbocycles. The third kappa shape index (κ3) is 3.64. The highest BCUT2D eigenvalue weighted by molar-refractivity contribution is 5.40. The van der Waals surface area contributed by atoms with E-state index in [1.165, 1.54) is 12.0 Å². The van der Waals surface area contributed by atoms with Crippen LogP contribution in [0.15, 0.2) is 18.2 Å². The van der Waals surface area contributed by atoms with E-state index in [0.29, 0.717) is 5.92 Å². The highest BCUT2D eigenvalue weighted by Gasteiger charge is 2.25. The number of nitrogens with one attached hydrogen (secondary N) is 1. The zero-order valence-corrected chi connectivity index (χ0v) is 12.6. The summed E-state index contributed by atoms with van der Waals surface area (Å²) in [6.07, 6.45) is 2.32. The van der Waals surface area contributed by atoms with Crippen molar-refractivity contribution in [3.8, 4) is 11.5 Å². The Kier molecular flexibility index (Phi) is 5.68. The van der Waals surface area contributed by atoms with Gasteiger partial charge in [-0.25, -0.2) is 0 Å². The molecule has 1 aromatic carbocycles. The van der Waals surface area contributed by atoms with Crippen molar-refractivity contribution in [2.75, 3.05) is 34.0 Å². The van der Waals surface area contributed by atoms with Crippen LogP contribution in [-0.2, 0) is 4.74 Å². The molecule has 20 heavy (non-hydrogen) atoms. The molecule has 0 aromatic heterocycles. The Labute approximate surface area is 121 Å². The van der Waals surface area contributed by atoms with Gasteiger partial charge in [0.15, 0.2) is 0 Å². The lowest BCUT2D eigenvalue weighted by molar-refractivity contribution is 0.0392. The van der Waals surface area contributed by atoms with Gasteiger partial charge >= 0.3 is 0 Å². The lowest BCUT2D eigenvalue weighted by atomic mass is 9.88. The predicted molar refractivity (Wildman–Crippen MR) is 79.5 cm³/mol. The summed E-state index contributed by atoms with van der Waals surface area (Å²) >= 11 is 0. The van der Waals surface area contributed by atoms with Crippen molar-refractivity contribution >= 4 is 0 Å². The molecule has 0 bridgehead atoms. The van der Waals surface area contributed by atoms with Gasteiger partial charge < -0.3 is 19.5 Å². The zero-order valence-electron chi connectivity index (χ0n) is 12.6. The first kappa shape index (κ1) is 15.1. The van der Waals surface area contributed by atoms with E-state index in [-0.39, 0.29) is 6.04 Å². The summed E-state index contributed by atoms with van der Waals surface area (Å²) in [6.45, 7) is 4.77. The van der Waals surface area contributed by atoms with Gasteiger partial charge in [0.2, 0.25) is 0 Å². The SMILES string of the molecule is CCNC(c1cc(OC)cc(OC)c1)C1CCCOC1. The third-order valence-corrected chi connectivity index (χ3v) is 3.82. The largest absolute Gasteiger partial charge is 0.497 e. The van der Waals surface area contributed by atoms with E-state index in [4.69, 9.17) is 14.2 Å². The Balaban J connectivity index is 2.27. The minimum atomic E-state index is 0.282. The molecule has 112 valence electrons. The van der Waals surface area contributed by atoms with Crippen molar-refractivity contribution in [3.63, 3.8) is 0 Å². The fraction of sp³-hybridized carbons (Fsp3) is 0.625. The van der Waals surface area contributed by atoms with Crippen LogP contribution < -0.4 is 14.8 Å². The molecule has 0 spiro atoms. The second-order valence-electron chi connectivity index (χ2n) is 5.16. The normalized spacial score (nSPS) is 20.4. The van der Waals surface area contributed by atoms with Crippen molar-refractivity contribution < 1.29 is 14.2 Å². The zero-order chi connectivity index (χ0) is 14.4. The van der Waals surface area contributed by atoms with E-state index in [1.807, 2.05) is 6.07 Å². The van der Waals surface area contributed by atoms with Crippen molar-refractivity contribution in [2.45, 2.75) is 25.8 Å². The molecule has 0 amide bonds. The van der Waals surface area contributed by atoms with Crippen LogP contribution in [0.2, 0.25) is 0 Å². The number of benzene rings is 1. The molecule has 0 radical (unpaired) electrons. The van der Waals surface area contributed by atoms with E-state index < -0.39 is 0 Å². The van der Waals surface area contributed by atoms with Gasteiger partial charge in [0, 0.05) is 24.6 Å². The summed E-state index contributed by atoms with van der Waals surface area (Å²) in [5.41, 5.74) is 1.21. The van der Waals surface area contributed by atoms with E-state index in [1.54, 1.807) is 14.2 Å². The average Bonchev–Trinajstić information content (AvgIpc) is 2.52. The molecule has 2 atom stereocenters. The van der Waals surface area contributed by atoms with Gasteiger partial charge in [-0.15, -0.1) is 0 Å². The van der Waals surface area contributed by atoms with Gasteiger partial charge in [0.05, 0.1) is 20.8 Å². The molecule has 2 unspecified atom stereocenters. The van der Waals surface area contributed by atoms with Crippen molar-refractivity contribution in [1.82, 2.24) is 5.32 Å². The van der Waals surface area contributed by atoms with E-state index in [0.717, 1.165) is 37.7 Å². The summed E-state index contributed by atoms with van der Waals surface area (Å²) in [6, 6.07) is 6.36. The van der Waals surface area contributed by atoms with Crippen LogP contribution in [-0.4, -0.2) is 34.0 Å². The van der Waals surface area contributed by atoms with E-state index in [9.17, 15) is 0 Å². The minimum Gasteiger partial charge on any atom is -0.497 e. The molecule has 1 heterocycles. The van der Waals surface area contributed by atoms with Gasteiger partial charge in [-0.3, -0.25) is 0 Å². The highest BCUT2D eigenvalue weighted by Crippen LogP contribution is 2.33. The molecule has 1 saturated heterocycles. The lowest BCUT2D eigenvalue weighted by Gasteiger charge is -2.31. The Morgan fingerprint density at radius 2 is 1.95 bits per heavy atom. The van der Waals surface area contributed by atoms with Gasteiger partial charge in [-0.1, -0.05) is 6.92 Å². The Hall–Kier alpha value is -1.26. The van der Waals surface area contributed by atoms with Gasteiger partial charge in [0.1, 0.15) is 11.5 Å². The number of ether oxygens (including phenoxy) is 3. The summed E-state index contributed by atoms with van der Waals surface area (Å²) in [4.78, 5) is 0. The van der Waals surface area contributed by atoms with Crippen molar-refractivity contribution in [3.05, 3.63) is 23.8 Å². The van der Waals surface area contributed by atoms with E-state index in [2.05, 4.69) is 24.4 Å². The molecule has 4 heteroatoms. The third-order valence-electron chi connectivity index (χ3n) is 3.82. The molecular formula is C16H25NO3. The average molecular weight is 279 g/mol. The topological polar surface area (TPSA) is 39.7 Å². The Bertz CT molecular complexity index is 394. The van der Waals surface area contributed by atoms with E-state index >= 15 is 0 Å². The molecule has 1 aromatic rings. The van der Waals surface area contributed by atoms with Crippen LogP contribution in [0.3, 0.4) is 0 Å². The molecule has 2 rings (SSSR count). The Morgan fingerprint density at radius 1 is 1.25 bits per heavy atom. The quantitative estimate of drug-likeness (QED) is 0.869. The van der Waals surface area contributed by atoms with Gasteiger partial charge in [0.25, 0.3) is 0 Å². The monoisotopic (exact) mass is 279 g/mol. The Morgan fingerprint density at radius 3 is 2.45 bits per heavy atom. The summed E-state index contributed by atoms with van der Waals surface area (Å²) in [5.74, 6) is 2.17. The maximum absolute atomic E-state index is 5.64. The lowest BCUT2D eigenvalue weighted by Crippen LogP contribution is -2.33. The summed E-state index contributed by atoms with van der Waals surface area (Å²) in [5, 5.41) is 3.58. The van der Waals surface area contributed by atoms with Crippen LogP contribution in [0, 0.1) is 5.92 Å². The summed E-state index contributed by atoms with van der Waals surface area (Å²) in [7, 11) is 3.37. The second kappa shape index (κ2) is 7.50. The second-order valence-corrected chi connectivity index (χ2v) is 5.16. The van der Waals surface area contributed by atoms with Crippen LogP contribution in [0.5, 0.6) is 11.5 Å². The number of methoxy groups -OCH3 is 2. The van der Waals surface area contributed by atoms with Gasteiger partial charge in [-0.05, 0) is 37.1 Å². The number of rotatable bonds is 6. The maximum Gasteiger partial charge on any atom is 0.122 e. The first-order valence-electron chi connectivity index (χ1n) is 7.32. The van der Waals surface area contributed by atoms with Crippen molar-refractivity contribution in [1.29, 1.82) is 0 Å². The van der Waals surface area contributed by atoms with Crippen LogP contribution in [0.1, 0.15) is 31.4 Å². The fourth-order valence-corrected chi connectivity index (χ4v) is 2.81. The van der Waals surface area contributed by atoms with Gasteiger partial charge in [-0.2, -0.15) is 0 Å². The minimum absolute atomic E-state index is 0.282. The van der Waals surface area contributed by atoms with Crippen LogP contribution in [0.4, 0.5) is 0 Å². The number of hydrogen-bond acceptors (Lipinski definition) is 4. The van der Waals surface area contributed by atoms with Crippen LogP contribution in [0.25, 0.3) is 0 Å². The first-order chi connectivity index (χ1) is 9.78. The molecule has 1 aliphatic heterocycles. The molecule has 1 fully saturated rings. The summed E-state index contributed by atoms with van der Waals surface area (Å²) < 4.78 is 16.4. The molecular weight excluding hydrogens is 254 g/mol. The standard InChI is InChI=1S/C16H25NO3/c1-4-17-16(12-6-5-7-20-11-12)13-8-14(18-2)10-15(9-13)19-3/h8-10,12,16-17H,4-7,11H2,1-3H3. The highest BCUT2D eigenvalue weighted by atomic mass is 16.5.